The predicted octanol–water partition coefficient (Wildman–Crippen LogP) is 6.57. The van der Waals surface area contributed by atoms with Gasteiger partial charge in [-0.3, -0.25) is 0 Å². The number of nitrogens with one attached hydrogen (secondary N) is 1. The summed E-state index contributed by atoms with van der Waals surface area (Å²) in [6.45, 7) is 4.95. The molecule has 6 nitrogen and oxygen atoms in total. The number of aromatic nitrogens is 2. The number of nitrogens with zero attached hydrogens (tertiary/aromatic N) is 2. The van der Waals surface area contributed by atoms with Crippen LogP contribution in [0.1, 0.15) is 50.2 Å². The van der Waals surface area contributed by atoms with Gasteiger partial charge in [0.1, 0.15) is 41.5 Å². The highest BCUT2D eigenvalue weighted by Crippen LogP contribution is 2.44. The minimum Gasteiger partial charge on any atom is -0.490 e. The summed E-state index contributed by atoms with van der Waals surface area (Å²) in [5, 5.41) is 13.6. The number of anilines is 1. The highest BCUT2D eigenvalue weighted by atomic mass is 35.5. The van der Waals surface area contributed by atoms with E-state index in [1.807, 2.05) is 0 Å². The molecule has 0 spiro atoms. The third kappa shape index (κ3) is 5.64. The molecule has 1 heterocycles. The Morgan fingerprint density at radius 2 is 1.89 bits per heavy atom. The molecule has 12 heteroatoms. The van der Waals surface area contributed by atoms with Crippen molar-refractivity contribution in [1.82, 2.24) is 9.97 Å². The largest absolute Gasteiger partial charge is 0.490 e. The van der Waals surface area contributed by atoms with Gasteiger partial charge in [-0.15, -0.1) is 0 Å². The number of hydrogen-bond donors (Lipinski definition) is 2. The molecule has 38 heavy (non-hydrogen) atoms. The maximum atomic E-state index is 15.3. The first kappa shape index (κ1) is 28.3. The van der Waals surface area contributed by atoms with E-state index in [1.165, 1.54) is 18.2 Å². The lowest BCUT2D eigenvalue weighted by Crippen LogP contribution is -2.41. The molecule has 1 unspecified atom stereocenters. The summed E-state index contributed by atoms with van der Waals surface area (Å²) in [4.78, 5) is 8.74. The molecule has 0 radical (unpaired) electrons. The van der Waals surface area contributed by atoms with E-state index in [9.17, 15) is 22.7 Å². The first-order valence-corrected chi connectivity index (χ1v) is 12.3. The summed E-state index contributed by atoms with van der Waals surface area (Å²) in [5.41, 5.74) is -3.02. The summed E-state index contributed by atoms with van der Waals surface area (Å²) in [5.74, 6) is -6.91. The molecule has 0 amide bonds. The van der Waals surface area contributed by atoms with Gasteiger partial charge in [-0.05, 0) is 45.9 Å². The fraction of sp³-hybridized carbons (Fsp3) is 0.462. The van der Waals surface area contributed by atoms with Gasteiger partial charge in [-0.1, -0.05) is 23.7 Å². The third-order valence-electron chi connectivity index (χ3n) is 6.24. The van der Waals surface area contributed by atoms with E-state index in [1.54, 1.807) is 19.9 Å². The van der Waals surface area contributed by atoms with Crippen molar-refractivity contribution in [3.8, 4) is 5.75 Å². The molecule has 1 saturated carbocycles. The number of benzene rings is 2. The van der Waals surface area contributed by atoms with Gasteiger partial charge in [0.15, 0.2) is 0 Å². The van der Waals surface area contributed by atoms with E-state index in [4.69, 9.17) is 21.1 Å². The molecule has 0 aliphatic heterocycles. The zero-order valence-corrected chi connectivity index (χ0v) is 21.8. The van der Waals surface area contributed by atoms with Crippen LogP contribution in [0, 0.1) is 12.7 Å². The maximum Gasteiger partial charge on any atom is 0.303 e. The molecule has 2 aromatic carbocycles. The summed E-state index contributed by atoms with van der Waals surface area (Å²) >= 11 is 6.32. The summed E-state index contributed by atoms with van der Waals surface area (Å²) < 4.78 is 81.4. The Bertz CT molecular complexity index is 1350. The van der Waals surface area contributed by atoms with Crippen LogP contribution in [0.15, 0.2) is 30.3 Å². The van der Waals surface area contributed by atoms with Gasteiger partial charge < -0.3 is 19.9 Å². The average Bonchev–Trinajstić information content (AvgIpc) is 3.42. The minimum atomic E-state index is -3.84. The monoisotopic (exact) mass is 559 g/mol. The molecule has 1 aromatic heterocycles. The van der Waals surface area contributed by atoms with Gasteiger partial charge in [0.25, 0.3) is 5.92 Å². The van der Waals surface area contributed by atoms with Crippen LogP contribution in [0.4, 0.5) is 27.8 Å². The zero-order valence-electron chi connectivity index (χ0n) is 21.1. The van der Waals surface area contributed by atoms with E-state index in [0.717, 1.165) is 19.9 Å². The van der Waals surface area contributed by atoms with Crippen molar-refractivity contribution >= 4 is 28.3 Å². The van der Waals surface area contributed by atoms with E-state index in [2.05, 4.69) is 15.3 Å². The van der Waals surface area contributed by atoms with Crippen LogP contribution in [0.3, 0.4) is 0 Å². The Labute approximate surface area is 221 Å². The third-order valence-corrected chi connectivity index (χ3v) is 6.54. The molecular weight excluding hydrogens is 533 g/mol. The summed E-state index contributed by atoms with van der Waals surface area (Å²) in [7, 11) is 0. The van der Waals surface area contributed by atoms with Crippen molar-refractivity contribution < 1.29 is 36.5 Å². The molecule has 0 saturated heterocycles. The summed E-state index contributed by atoms with van der Waals surface area (Å²) in [6, 6.07) is 5.86. The normalized spacial score (nSPS) is 17.9. The number of alkyl halides is 4. The van der Waals surface area contributed by atoms with Crippen LogP contribution in [0.25, 0.3) is 10.9 Å². The molecular formula is C26H27ClF5N3O3. The van der Waals surface area contributed by atoms with Gasteiger partial charge in [-0.2, -0.15) is 8.78 Å². The van der Waals surface area contributed by atoms with Crippen LogP contribution >= 0.6 is 11.6 Å². The van der Waals surface area contributed by atoms with E-state index in [-0.39, 0.29) is 41.8 Å². The van der Waals surface area contributed by atoms with Crippen LogP contribution in [0.5, 0.6) is 5.75 Å². The van der Waals surface area contributed by atoms with Gasteiger partial charge in [-0.25, -0.2) is 23.1 Å². The Balaban J connectivity index is 1.59. The molecule has 1 aliphatic carbocycles. The molecule has 1 aliphatic rings. The van der Waals surface area contributed by atoms with Crippen molar-refractivity contribution in [2.24, 2.45) is 0 Å². The molecule has 1 fully saturated rings. The topological polar surface area (TPSA) is 76.5 Å². The van der Waals surface area contributed by atoms with Crippen molar-refractivity contribution in [2.75, 3.05) is 18.5 Å². The number of rotatable bonds is 10. The Kier molecular flexibility index (Phi) is 7.50. The highest BCUT2D eigenvalue weighted by Gasteiger charge is 2.58. The van der Waals surface area contributed by atoms with E-state index in [0.29, 0.717) is 16.7 Å². The van der Waals surface area contributed by atoms with Gasteiger partial charge >= 0.3 is 5.92 Å². The lowest BCUT2D eigenvalue weighted by molar-refractivity contribution is -0.170. The summed E-state index contributed by atoms with van der Waals surface area (Å²) in [6.07, 6.45) is -1.42. The zero-order chi connectivity index (χ0) is 28.0. The number of aryl methyl sites for hydroxylation is 1. The molecule has 2 N–H and O–H groups in total. The smallest absolute Gasteiger partial charge is 0.303 e. The Morgan fingerprint density at radius 1 is 1.21 bits per heavy atom. The van der Waals surface area contributed by atoms with Crippen LogP contribution in [0.2, 0.25) is 5.02 Å². The number of aliphatic hydroxyl groups is 1. The number of ether oxygens (including phenoxy) is 2. The standard InChI is InChI=1S/C26H27ClF5N3O3/c1-13(15-6-5-7-17(22(15)28)26(31,32)24(3,4)36)33-23-16-10-20(18(27)11-19(16)34-14(2)35-23)37-8-9-38-21-12-25(21,29)30/h5-7,10-11,13,21,36H,8-9,12H2,1-4H3,(H,33,34,35)/t13-,21?/m1/s1. The van der Waals surface area contributed by atoms with Gasteiger partial charge in [0.2, 0.25) is 0 Å². The second kappa shape index (κ2) is 10.1. The first-order chi connectivity index (χ1) is 17.6. The average molecular weight is 560 g/mol. The maximum absolute atomic E-state index is 15.3. The fourth-order valence-electron chi connectivity index (χ4n) is 3.92. The molecule has 206 valence electrons. The number of halogens is 6. The van der Waals surface area contributed by atoms with Crippen molar-refractivity contribution in [3.05, 3.63) is 58.1 Å². The van der Waals surface area contributed by atoms with E-state index >= 15 is 4.39 Å². The van der Waals surface area contributed by atoms with Crippen molar-refractivity contribution in [1.29, 1.82) is 0 Å². The second-order valence-corrected chi connectivity index (χ2v) is 10.2. The Hall–Kier alpha value is -2.76. The lowest BCUT2D eigenvalue weighted by Gasteiger charge is -2.30. The minimum absolute atomic E-state index is 0.0306. The van der Waals surface area contributed by atoms with Crippen LogP contribution < -0.4 is 10.1 Å². The van der Waals surface area contributed by atoms with Gasteiger partial charge in [0, 0.05) is 17.4 Å². The molecule has 0 bridgehead atoms. The van der Waals surface area contributed by atoms with Crippen molar-refractivity contribution in [3.63, 3.8) is 0 Å². The van der Waals surface area contributed by atoms with Gasteiger partial charge in [0.05, 0.1) is 28.8 Å². The van der Waals surface area contributed by atoms with Crippen LogP contribution in [-0.4, -0.2) is 45.9 Å². The second-order valence-electron chi connectivity index (χ2n) is 9.80. The Morgan fingerprint density at radius 3 is 2.53 bits per heavy atom. The number of hydrogen-bond acceptors (Lipinski definition) is 6. The molecule has 4 rings (SSSR count). The predicted molar refractivity (Wildman–Crippen MR) is 133 cm³/mol. The molecule has 2 atom stereocenters. The highest BCUT2D eigenvalue weighted by molar-refractivity contribution is 6.32. The fourth-order valence-corrected chi connectivity index (χ4v) is 4.13. The SMILES string of the molecule is Cc1nc(N[C@H](C)c2cccc(C(F)(F)C(C)(C)O)c2F)c2cc(OCCOC3CC3(F)F)c(Cl)cc2n1. The van der Waals surface area contributed by atoms with Crippen molar-refractivity contribution in [2.45, 2.75) is 63.7 Å². The van der Waals surface area contributed by atoms with Crippen LogP contribution in [-0.2, 0) is 10.7 Å². The lowest BCUT2D eigenvalue weighted by atomic mass is 9.91. The molecule has 3 aromatic rings. The number of fused-ring (bicyclic) bond motifs is 1. The van der Waals surface area contributed by atoms with E-state index < -0.39 is 41.0 Å². The first-order valence-electron chi connectivity index (χ1n) is 11.9. The quantitative estimate of drug-likeness (QED) is 0.216.